The maximum Gasteiger partial charge on any atom is 0.202 e. The summed E-state index contributed by atoms with van der Waals surface area (Å²) in [6.45, 7) is 3.55. The topological polar surface area (TPSA) is 29.9 Å². The average molecular weight is 289 g/mol. The van der Waals surface area contributed by atoms with Crippen molar-refractivity contribution in [3.05, 3.63) is 12.4 Å². The molecule has 0 radical (unpaired) electrons. The molecule has 1 heterocycles. The van der Waals surface area contributed by atoms with Crippen molar-refractivity contribution >= 4 is 5.95 Å². The second kappa shape index (κ2) is 7.33. The van der Waals surface area contributed by atoms with Gasteiger partial charge in [-0.05, 0) is 37.5 Å². The number of aryl methyl sites for hydroxylation is 1. The number of aromatic nitrogens is 2. The minimum Gasteiger partial charge on any atom is -0.353 e. The number of anilines is 1. The van der Waals surface area contributed by atoms with Gasteiger partial charge in [0.1, 0.15) is 0 Å². The SMILES string of the molecule is CC1CCCC(CCn2ccnc2NC2CCCCC2)C1. The van der Waals surface area contributed by atoms with Crippen LogP contribution in [0.3, 0.4) is 0 Å². The summed E-state index contributed by atoms with van der Waals surface area (Å²) in [7, 11) is 0. The highest BCUT2D eigenvalue weighted by molar-refractivity contribution is 5.27. The van der Waals surface area contributed by atoms with Gasteiger partial charge in [0.25, 0.3) is 0 Å². The highest BCUT2D eigenvalue weighted by atomic mass is 15.2. The Morgan fingerprint density at radius 1 is 1.14 bits per heavy atom. The number of nitrogens with zero attached hydrogens (tertiary/aromatic N) is 2. The molecule has 2 aliphatic rings. The summed E-state index contributed by atoms with van der Waals surface area (Å²) in [5.41, 5.74) is 0. The molecule has 3 heteroatoms. The number of rotatable bonds is 5. The molecule has 2 atom stereocenters. The molecule has 0 aliphatic heterocycles. The van der Waals surface area contributed by atoms with Crippen LogP contribution in [0.25, 0.3) is 0 Å². The van der Waals surface area contributed by atoms with E-state index < -0.39 is 0 Å². The van der Waals surface area contributed by atoms with Gasteiger partial charge in [-0.3, -0.25) is 0 Å². The van der Waals surface area contributed by atoms with Gasteiger partial charge in [0.15, 0.2) is 0 Å². The quantitative estimate of drug-likeness (QED) is 0.840. The zero-order chi connectivity index (χ0) is 14.5. The second-order valence-corrected chi connectivity index (χ2v) is 7.35. The Hall–Kier alpha value is -0.990. The fourth-order valence-corrected chi connectivity index (χ4v) is 4.20. The van der Waals surface area contributed by atoms with E-state index in [0.29, 0.717) is 6.04 Å². The predicted octanol–water partition coefficient (Wildman–Crippen LogP) is 4.84. The third-order valence-electron chi connectivity index (χ3n) is 5.48. The van der Waals surface area contributed by atoms with Crippen molar-refractivity contribution in [2.75, 3.05) is 5.32 Å². The Morgan fingerprint density at radius 3 is 2.81 bits per heavy atom. The lowest BCUT2D eigenvalue weighted by Crippen LogP contribution is -2.24. The molecular formula is C18H31N3. The summed E-state index contributed by atoms with van der Waals surface area (Å²) in [5, 5.41) is 3.68. The van der Waals surface area contributed by atoms with Crippen LogP contribution >= 0.6 is 0 Å². The zero-order valence-corrected chi connectivity index (χ0v) is 13.6. The lowest BCUT2D eigenvalue weighted by molar-refractivity contribution is 0.261. The van der Waals surface area contributed by atoms with Crippen LogP contribution in [0.4, 0.5) is 5.95 Å². The Balaban J connectivity index is 1.50. The van der Waals surface area contributed by atoms with Gasteiger partial charge in [0, 0.05) is 25.0 Å². The molecule has 0 bridgehead atoms. The first-order chi connectivity index (χ1) is 10.3. The van der Waals surface area contributed by atoms with E-state index in [1.165, 1.54) is 64.2 Å². The third-order valence-corrected chi connectivity index (χ3v) is 5.48. The van der Waals surface area contributed by atoms with Gasteiger partial charge < -0.3 is 9.88 Å². The molecule has 2 aliphatic carbocycles. The summed E-state index contributed by atoms with van der Waals surface area (Å²) in [6, 6.07) is 0.648. The van der Waals surface area contributed by atoms with E-state index in [2.05, 4.69) is 28.0 Å². The van der Waals surface area contributed by atoms with Crippen molar-refractivity contribution in [1.29, 1.82) is 0 Å². The third kappa shape index (κ3) is 4.24. The van der Waals surface area contributed by atoms with E-state index in [1.807, 2.05) is 6.20 Å². The van der Waals surface area contributed by atoms with Gasteiger partial charge in [0.2, 0.25) is 5.95 Å². The molecule has 1 aromatic rings. The van der Waals surface area contributed by atoms with Gasteiger partial charge >= 0.3 is 0 Å². The molecule has 2 fully saturated rings. The van der Waals surface area contributed by atoms with Crippen molar-refractivity contribution in [2.24, 2.45) is 11.8 Å². The predicted molar refractivity (Wildman–Crippen MR) is 88.5 cm³/mol. The molecule has 3 rings (SSSR count). The summed E-state index contributed by atoms with van der Waals surface area (Å²) >= 11 is 0. The first kappa shape index (κ1) is 14.9. The summed E-state index contributed by atoms with van der Waals surface area (Å²) in [5.74, 6) is 2.97. The van der Waals surface area contributed by atoms with Crippen LogP contribution in [0.2, 0.25) is 0 Å². The Kier molecular flexibility index (Phi) is 5.21. The fraction of sp³-hybridized carbons (Fsp3) is 0.833. The minimum atomic E-state index is 0.648. The van der Waals surface area contributed by atoms with Gasteiger partial charge in [-0.25, -0.2) is 4.98 Å². The van der Waals surface area contributed by atoms with Crippen LogP contribution in [0, 0.1) is 11.8 Å². The van der Waals surface area contributed by atoms with Gasteiger partial charge in [0.05, 0.1) is 0 Å². The van der Waals surface area contributed by atoms with Crippen LogP contribution in [-0.2, 0) is 6.54 Å². The van der Waals surface area contributed by atoms with E-state index in [4.69, 9.17) is 0 Å². The van der Waals surface area contributed by atoms with E-state index >= 15 is 0 Å². The monoisotopic (exact) mass is 289 g/mol. The van der Waals surface area contributed by atoms with Crippen molar-refractivity contribution in [3.8, 4) is 0 Å². The average Bonchev–Trinajstić information content (AvgIpc) is 2.93. The summed E-state index contributed by atoms with van der Waals surface area (Å²) in [6.07, 6.45) is 17.9. The second-order valence-electron chi connectivity index (χ2n) is 7.35. The molecule has 2 saturated carbocycles. The lowest BCUT2D eigenvalue weighted by atomic mass is 9.81. The maximum absolute atomic E-state index is 4.54. The molecule has 1 N–H and O–H groups in total. The minimum absolute atomic E-state index is 0.648. The van der Waals surface area contributed by atoms with Crippen LogP contribution in [-0.4, -0.2) is 15.6 Å². The maximum atomic E-state index is 4.54. The molecular weight excluding hydrogens is 258 g/mol. The Labute approximate surface area is 129 Å². The number of imidazole rings is 1. The van der Waals surface area contributed by atoms with Gasteiger partial charge in [-0.1, -0.05) is 45.4 Å². The smallest absolute Gasteiger partial charge is 0.202 e. The van der Waals surface area contributed by atoms with Gasteiger partial charge in [-0.2, -0.15) is 0 Å². The molecule has 2 unspecified atom stereocenters. The largest absolute Gasteiger partial charge is 0.353 e. The fourth-order valence-electron chi connectivity index (χ4n) is 4.20. The first-order valence-corrected chi connectivity index (χ1v) is 9.09. The number of hydrogen-bond acceptors (Lipinski definition) is 2. The first-order valence-electron chi connectivity index (χ1n) is 9.09. The number of hydrogen-bond donors (Lipinski definition) is 1. The molecule has 118 valence electrons. The van der Waals surface area contributed by atoms with Crippen LogP contribution in [0.5, 0.6) is 0 Å². The Bertz CT molecular complexity index is 420. The standard InChI is InChI=1S/C18H31N3/c1-15-6-5-7-16(14-15)10-12-21-13-11-19-18(21)20-17-8-3-2-4-9-17/h11,13,15-17H,2-10,12,14H2,1H3,(H,19,20). The zero-order valence-electron chi connectivity index (χ0n) is 13.6. The molecule has 0 spiro atoms. The normalized spacial score (nSPS) is 27.7. The molecule has 0 saturated heterocycles. The molecule has 0 amide bonds. The highest BCUT2D eigenvalue weighted by Gasteiger charge is 2.19. The lowest BCUT2D eigenvalue weighted by Gasteiger charge is -2.27. The van der Waals surface area contributed by atoms with Crippen molar-refractivity contribution in [2.45, 2.75) is 83.7 Å². The summed E-state index contributed by atoms with van der Waals surface area (Å²) < 4.78 is 2.34. The van der Waals surface area contributed by atoms with E-state index in [-0.39, 0.29) is 0 Å². The molecule has 3 nitrogen and oxygen atoms in total. The van der Waals surface area contributed by atoms with Crippen LogP contribution < -0.4 is 5.32 Å². The van der Waals surface area contributed by atoms with Gasteiger partial charge in [-0.15, -0.1) is 0 Å². The van der Waals surface area contributed by atoms with Crippen molar-refractivity contribution < 1.29 is 0 Å². The van der Waals surface area contributed by atoms with Crippen molar-refractivity contribution in [3.63, 3.8) is 0 Å². The van der Waals surface area contributed by atoms with E-state index in [9.17, 15) is 0 Å². The highest BCUT2D eigenvalue weighted by Crippen LogP contribution is 2.31. The van der Waals surface area contributed by atoms with Crippen LogP contribution in [0.1, 0.15) is 71.1 Å². The van der Waals surface area contributed by atoms with E-state index in [0.717, 1.165) is 24.3 Å². The number of nitrogens with one attached hydrogen (secondary N) is 1. The van der Waals surface area contributed by atoms with Crippen LogP contribution in [0.15, 0.2) is 12.4 Å². The summed E-state index contributed by atoms with van der Waals surface area (Å²) in [4.78, 5) is 4.54. The van der Waals surface area contributed by atoms with E-state index in [1.54, 1.807) is 0 Å². The molecule has 0 aromatic carbocycles. The Morgan fingerprint density at radius 2 is 2.00 bits per heavy atom. The van der Waals surface area contributed by atoms with Crippen molar-refractivity contribution in [1.82, 2.24) is 9.55 Å². The molecule has 1 aromatic heterocycles. The molecule has 21 heavy (non-hydrogen) atoms.